The van der Waals surface area contributed by atoms with E-state index in [4.69, 9.17) is 0 Å². The number of benzene rings is 1. The molecule has 3 heterocycles. The molecule has 0 unspecified atom stereocenters. The first kappa shape index (κ1) is 10.2. The fourth-order valence-electron chi connectivity index (χ4n) is 2.20. The second-order valence-corrected chi connectivity index (χ2v) is 4.36. The Balaban J connectivity index is 2.02. The first-order valence-electron chi connectivity index (χ1n) is 5.94. The fraction of sp³-hybridized carbons (Fsp3) is 0.0769. The molecule has 3 aromatic heterocycles. The van der Waals surface area contributed by atoms with Crippen LogP contribution in [0.25, 0.3) is 33.6 Å². The molecule has 0 radical (unpaired) electrons. The summed E-state index contributed by atoms with van der Waals surface area (Å²) in [6.45, 7) is 1.91. The number of fused-ring (bicyclic) bond motifs is 2. The Morgan fingerprint density at radius 1 is 1.11 bits per heavy atom. The summed E-state index contributed by atoms with van der Waals surface area (Å²) in [5, 5.41) is 8.36. The van der Waals surface area contributed by atoms with Crippen LogP contribution in [0.2, 0.25) is 0 Å². The molecule has 0 saturated heterocycles. The third-order valence-corrected chi connectivity index (χ3v) is 3.16. The summed E-state index contributed by atoms with van der Waals surface area (Å²) >= 11 is 0. The predicted octanol–water partition coefficient (Wildman–Crippen LogP) is 2.20. The van der Waals surface area contributed by atoms with Crippen molar-refractivity contribution in [2.45, 2.75) is 6.92 Å². The number of nitrogens with one attached hydrogen (secondary N) is 2. The van der Waals surface area contributed by atoms with Crippen molar-refractivity contribution in [2.24, 2.45) is 0 Å². The molecule has 6 heteroatoms. The number of H-pyrrole nitrogens is 2. The van der Waals surface area contributed by atoms with Gasteiger partial charge >= 0.3 is 0 Å². The molecule has 0 fully saturated rings. The molecule has 0 amide bonds. The Labute approximate surface area is 107 Å². The van der Waals surface area contributed by atoms with Gasteiger partial charge in [-0.15, -0.1) is 0 Å². The topological polar surface area (TPSA) is 83.1 Å². The lowest BCUT2D eigenvalue weighted by atomic mass is 10.2. The van der Waals surface area contributed by atoms with E-state index in [1.807, 2.05) is 31.2 Å². The van der Waals surface area contributed by atoms with Gasteiger partial charge in [0.25, 0.3) is 0 Å². The maximum Gasteiger partial charge on any atom is 0.161 e. The molecule has 0 aliphatic heterocycles. The molecule has 0 aliphatic rings. The summed E-state index contributed by atoms with van der Waals surface area (Å²) in [5.74, 6) is 0.705. The minimum Gasteiger partial charge on any atom is -0.321 e. The number of aromatic amines is 2. The van der Waals surface area contributed by atoms with E-state index in [0.29, 0.717) is 5.82 Å². The van der Waals surface area contributed by atoms with E-state index in [1.54, 1.807) is 0 Å². The van der Waals surface area contributed by atoms with Crippen molar-refractivity contribution in [3.8, 4) is 11.5 Å². The zero-order valence-electron chi connectivity index (χ0n) is 10.2. The zero-order chi connectivity index (χ0) is 12.8. The van der Waals surface area contributed by atoms with E-state index in [1.165, 1.54) is 6.33 Å². The number of aryl methyl sites for hydroxylation is 1. The molecule has 0 aliphatic carbocycles. The molecule has 4 aromatic rings. The van der Waals surface area contributed by atoms with Gasteiger partial charge in [0.15, 0.2) is 11.5 Å². The molecule has 1 aromatic carbocycles. The first-order valence-corrected chi connectivity index (χ1v) is 5.94. The summed E-state index contributed by atoms with van der Waals surface area (Å²) in [7, 11) is 0. The van der Waals surface area contributed by atoms with E-state index >= 15 is 0 Å². The normalized spacial score (nSPS) is 11.4. The van der Waals surface area contributed by atoms with Crippen molar-refractivity contribution in [3.05, 3.63) is 36.3 Å². The summed E-state index contributed by atoms with van der Waals surface area (Å²) in [6, 6.07) is 7.95. The summed E-state index contributed by atoms with van der Waals surface area (Å²) in [5.41, 5.74) is 4.15. The van der Waals surface area contributed by atoms with Crippen LogP contribution >= 0.6 is 0 Å². The molecule has 0 atom stereocenters. The van der Waals surface area contributed by atoms with Crippen LogP contribution in [0, 0.1) is 6.92 Å². The Bertz CT molecular complexity index is 888. The van der Waals surface area contributed by atoms with Crippen LogP contribution in [0.15, 0.2) is 30.6 Å². The average Bonchev–Trinajstić information content (AvgIpc) is 3.02. The third kappa shape index (κ3) is 1.43. The van der Waals surface area contributed by atoms with Gasteiger partial charge in [-0.2, -0.15) is 5.10 Å². The lowest BCUT2D eigenvalue weighted by molar-refractivity contribution is 1.10. The van der Waals surface area contributed by atoms with Crippen molar-refractivity contribution in [1.29, 1.82) is 0 Å². The van der Waals surface area contributed by atoms with Crippen molar-refractivity contribution in [1.82, 2.24) is 30.1 Å². The third-order valence-electron chi connectivity index (χ3n) is 3.16. The van der Waals surface area contributed by atoms with Crippen molar-refractivity contribution in [3.63, 3.8) is 0 Å². The molecular formula is C13H10N6. The second-order valence-electron chi connectivity index (χ2n) is 4.36. The van der Waals surface area contributed by atoms with Gasteiger partial charge in [0, 0.05) is 5.39 Å². The average molecular weight is 250 g/mol. The monoisotopic (exact) mass is 250 g/mol. The molecule has 4 rings (SSSR count). The molecule has 2 N–H and O–H groups in total. The van der Waals surface area contributed by atoms with Crippen LogP contribution in [0.1, 0.15) is 5.69 Å². The van der Waals surface area contributed by atoms with Gasteiger partial charge in [-0.3, -0.25) is 5.10 Å². The van der Waals surface area contributed by atoms with Gasteiger partial charge < -0.3 is 4.98 Å². The van der Waals surface area contributed by atoms with E-state index in [-0.39, 0.29) is 0 Å². The number of aromatic nitrogens is 6. The summed E-state index contributed by atoms with van der Waals surface area (Å²) in [4.78, 5) is 16.1. The van der Waals surface area contributed by atoms with Crippen LogP contribution in [0.4, 0.5) is 0 Å². The number of rotatable bonds is 1. The zero-order valence-corrected chi connectivity index (χ0v) is 10.2. The number of hydrogen-bond donors (Lipinski definition) is 2. The highest BCUT2D eigenvalue weighted by atomic mass is 15.1. The predicted molar refractivity (Wildman–Crippen MR) is 71.5 cm³/mol. The Morgan fingerprint density at radius 2 is 2.00 bits per heavy atom. The number of imidazole rings is 1. The number of para-hydroxylation sites is 1. The van der Waals surface area contributed by atoms with Gasteiger partial charge in [-0.25, -0.2) is 15.0 Å². The van der Waals surface area contributed by atoms with Gasteiger partial charge in [-0.1, -0.05) is 18.2 Å². The summed E-state index contributed by atoms with van der Waals surface area (Å²) < 4.78 is 0. The van der Waals surface area contributed by atoms with Gasteiger partial charge in [-0.05, 0) is 13.0 Å². The fourth-order valence-corrected chi connectivity index (χ4v) is 2.20. The highest BCUT2D eigenvalue weighted by Crippen LogP contribution is 2.25. The van der Waals surface area contributed by atoms with E-state index in [2.05, 4.69) is 30.1 Å². The maximum atomic E-state index is 4.54. The molecule has 0 saturated carbocycles. The van der Waals surface area contributed by atoms with Gasteiger partial charge in [0.05, 0.1) is 11.2 Å². The molecule has 19 heavy (non-hydrogen) atoms. The molecule has 6 nitrogen and oxygen atoms in total. The van der Waals surface area contributed by atoms with Crippen molar-refractivity contribution >= 4 is 22.1 Å². The van der Waals surface area contributed by atoms with Gasteiger partial charge in [0.2, 0.25) is 0 Å². The minimum absolute atomic E-state index is 0.705. The number of nitrogens with zero attached hydrogens (tertiary/aromatic N) is 4. The van der Waals surface area contributed by atoms with Crippen LogP contribution in [0.5, 0.6) is 0 Å². The van der Waals surface area contributed by atoms with Crippen molar-refractivity contribution in [2.75, 3.05) is 0 Å². The highest BCUT2D eigenvalue weighted by Gasteiger charge is 2.13. The van der Waals surface area contributed by atoms with E-state index in [9.17, 15) is 0 Å². The lowest BCUT2D eigenvalue weighted by Gasteiger charge is -1.90. The maximum absolute atomic E-state index is 4.54. The minimum atomic E-state index is 0.705. The Hall–Kier alpha value is -2.76. The first-order chi connectivity index (χ1) is 9.33. The molecule has 0 spiro atoms. The van der Waals surface area contributed by atoms with Crippen LogP contribution in [-0.4, -0.2) is 30.1 Å². The quantitative estimate of drug-likeness (QED) is 0.542. The van der Waals surface area contributed by atoms with E-state index in [0.717, 1.165) is 33.5 Å². The summed E-state index contributed by atoms with van der Waals surface area (Å²) in [6.07, 6.45) is 1.53. The van der Waals surface area contributed by atoms with Gasteiger partial charge in [0.1, 0.15) is 17.5 Å². The molecule has 0 bridgehead atoms. The molecular weight excluding hydrogens is 240 g/mol. The smallest absolute Gasteiger partial charge is 0.161 e. The lowest BCUT2D eigenvalue weighted by Crippen LogP contribution is -1.84. The second kappa shape index (κ2) is 3.61. The number of hydrogen-bond acceptors (Lipinski definition) is 4. The Kier molecular flexibility index (Phi) is 1.94. The molecule has 92 valence electrons. The van der Waals surface area contributed by atoms with Crippen LogP contribution in [-0.2, 0) is 0 Å². The van der Waals surface area contributed by atoms with Crippen LogP contribution in [0.3, 0.4) is 0 Å². The standard InChI is InChI=1S/C13H10N6/c1-7-10-12(15-6-14-7)17-13(16-10)11-8-4-2-3-5-9(8)18-19-11/h2-6H,1H3,(H,18,19)(H,14,15,16,17). The SMILES string of the molecule is Cc1ncnc2[nH]c(-c3n[nH]c4ccccc34)nc12. The largest absolute Gasteiger partial charge is 0.321 e. The van der Waals surface area contributed by atoms with Crippen molar-refractivity contribution < 1.29 is 0 Å². The Morgan fingerprint density at radius 3 is 2.89 bits per heavy atom. The highest BCUT2D eigenvalue weighted by molar-refractivity contribution is 5.92. The van der Waals surface area contributed by atoms with Crippen LogP contribution < -0.4 is 0 Å². The van der Waals surface area contributed by atoms with E-state index < -0.39 is 0 Å².